The Morgan fingerprint density at radius 2 is 1.74 bits per heavy atom. The van der Waals surface area contributed by atoms with Gasteiger partial charge < -0.3 is 14.4 Å². The van der Waals surface area contributed by atoms with Crippen molar-refractivity contribution in [3.8, 4) is 11.5 Å². The summed E-state index contributed by atoms with van der Waals surface area (Å²) in [7, 11) is 1.64. The summed E-state index contributed by atoms with van der Waals surface area (Å²) < 4.78 is 11.7. The van der Waals surface area contributed by atoms with Crippen molar-refractivity contribution in [1.29, 1.82) is 0 Å². The number of ether oxygens (including phenoxy) is 2. The Morgan fingerprint density at radius 3 is 2.45 bits per heavy atom. The van der Waals surface area contributed by atoms with E-state index in [0.717, 1.165) is 22.4 Å². The lowest BCUT2D eigenvalue weighted by Gasteiger charge is -2.31. The molecule has 31 heavy (non-hydrogen) atoms. The maximum atomic E-state index is 13.0. The van der Waals surface area contributed by atoms with E-state index in [1.165, 1.54) is 0 Å². The summed E-state index contributed by atoms with van der Waals surface area (Å²) in [6.07, 6.45) is 0.875. The Hall–Kier alpha value is -2.69. The minimum Gasteiger partial charge on any atom is -0.493 e. The van der Waals surface area contributed by atoms with Gasteiger partial charge in [-0.15, -0.1) is 0 Å². The molecule has 0 atom stereocenters. The molecular formula is C25H23Cl2NO3. The van der Waals surface area contributed by atoms with Crippen molar-refractivity contribution in [3.05, 3.63) is 93.0 Å². The number of methoxy groups -OCH3 is 1. The van der Waals surface area contributed by atoms with E-state index in [2.05, 4.69) is 0 Å². The van der Waals surface area contributed by atoms with Gasteiger partial charge in [-0.3, -0.25) is 4.79 Å². The first kappa shape index (κ1) is 21.5. The van der Waals surface area contributed by atoms with Crippen molar-refractivity contribution in [2.24, 2.45) is 0 Å². The van der Waals surface area contributed by atoms with Crippen LogP contribution >= 0.6 is 23.2 Å². The molecule has 4 nitrogen and oxygen atoms in total. The molecule has 1 aliphatic rings. The Labute approximate surface area is 192 Å². The number of rotatable bonds is 6. The summed E-state index contributed by atoms with van der Waals surface area (Å²) in [4.78, 5) is 14.8. The molecule has 0 spiro atoms. The SMILES string of the molecule is COc1ccc2c(c1OCc1ccccc1)CCN(C(=O)Cc1c(Cl)cccc1Cl)C2. The highest BCUT2D eigenvalue weighted by Crippen LogP contribution is 2.37. The van der Waals surface area contributed by atoms with Crippen molar-refractivity contribution in [2.75, 3.05) is 13.7 Å². The summed E-state index contributed by atoms with van der Waals surface area (Å²) in [5, 5.41) is 1.03. The zero-order valence-corrected chi connectivity index (χ0v) is 18.7. The number of halogens is 2. The smallest absolute Gasteiger partial charge is 0.227 e. The minimum atomic E-state index is 0.00298. The Bertz CT molecular complexity index is 1070. The molecule has 0 aliphatic carbocycles. The molecule has 6 heteroatoms. The van der Waals surface area contributed by atoms with Crippen LogP contribution in [-0.4, -0.2) is 24.5 Å². The van der Waals surface area contributed by atoms with Crippen molar-refractivity contribution < 1.29 is 14.3 Å². The quantitative estimate of drug-likeness (QED) is 0.477. The largest absolute Gasteiger partial charge is 0.493 e. The van der Waals surface area contributed by atoms with Crippen LogP contribution in [0.2, 0.25) is 10.0 Å². The van der Waals surface area contributed by atoms with E-state index >= 15 is 0 Å². The Morgan fingerprint density at radius 1 is 1.00 bits per heavy atom. The molecule has 160 valence electrons. The molecule has 0 saturated heterocycles. The Kier molecular flexibility index (Phi) is 6.69. The number of benzene rings is 3. The van der Waals surface area contributed by atoms with E-state index < -0.39 is 0 Å². The molecule has 0 unspecified atom stereocenters. The normalized spacial score (nSPS) is 12.9. The molecule has 1 amide bonds. The molecule has 4 rings (SSSR count). The molecule has 3 aromatic rings. The van der Waals surface area contributed by atoms with Gasteiger partial charge in [0, 0.05) is 28.7 Å². The molecule has 0 saturated carbocycles. The predicted octanol–water partition coefficient (Wildman–Crippen LogP) is 5.71. The van der Waals surface area contributed by atoms with Gasteiger partial charge in [-0.1, -0.05) is 65.7 Å². The second-order valence-electron chi connectivity index (χ2n) is 7.45. The maximum absolute atomic E-state index is 13.0. The lowest BCUT2D eigenvalue weighted by molar-refractivity contribution is -0.131. The zero-order valence-electron chi connectivity index (χ0n) is 17.2. The molecular weight excluding hydrogens is 433 g/mol. The summed E-state index contributed by atoms with van der Waals surface area (Å²) in [6, 6.07) is 19.2. The number of fused-ring (bicyclic) bond motifs is 1. The third-order valence-electron chi connectivity index (χ3n) is 5.50. The van der Waals surface area contributed by atoms with Crippen LogP contribution in [0.5, 0.6) is 11.5 Å². The Balaban J connectivity index is 1.52. The van der Waals surface area contributed by atoms with Crippen LogP contribution in [0.1, 0.15) is 22.3 Å². The van der Waals surface area contributed by atoms with Crippen LogP contribution < -0.4 is 9.47 Å². The molecule has 0 radical (unpaired) electrons. The summed E-state index contributed by atoms with van der Waals surface area (Å²) in [5.74, 6) is 1.46. The van der Waals surface area contributed by atoms with E-state index in [-0.39, 0.29) is 12.3 Å². The van der Waals surface area contributed by atoms with Crippen molar-refractivity contribution in [2.45, 2.75) is 26.0 Å². The molecule has 0 aromatic heterocycles. The van der Waals surface area contributed by atoms with E-state index in [1.807, 2.05) is 47.4 Å². The van der Waals surface area contributed by atoms with Crippen LogP contribution in [-0.2, 0) is 30.8 Å². The highest BCUT2D eigenvalue weighted by Gasteiger charge is 2.26. The first-order chi connectivity index (χ1) is 15.1. The summed E-state index contributed by atoms with van der Waals surface area (Å²) in [5.41, 5.74) is 3.92. The standard InChI is InChI=1S/C25H23Cl2NO3/c1-30-23-11-10-18-15-28(24(29)14-20-21(26)8-5-9-22(20)27)13-12-19(18)25(23)31-16-17-6-3-2-4-7-17/h2-11H,12-16H2,1H3. The van der Waals surface area contributed by atoms with E-state index in [9.17, 15) is 4.79 Å². The van der Waals surface area contributed by atoms with Gasteiger partial charge in [-0.25, -0.2) is 0 Å². The second-order valence-corrected chi connectivity index (χ2v) is 8.27. The van der Waals surface area contributed by atoms with Crippen LogP contribution in [0.25, 0.3) is 0 Å². The van der Waals surface area contributed by atoms with Gasteiger partial charge in [0.1, 0.15) is 6.61 Å². The molecule has 0 N–H and O–H groups in total. The van der Waals surface area contributed by atoms with Gasteiger partial charge in [0.15, 0.2) is 11.5 Å². The zero-order chi connectivity index (χ0) is 21.8. The number of carbonyl (C=O) groups excluding carboxylic acids is 1. The van der Waals surface area contributed by atoms with E-state index in [1.54, 1.807) is 25.3 Å². The minimum absolute atomic E-state index is 0.00298. The average molecular weight is 456 g/mol. The molecule has 3 aromatic carbocycles. The van der Waals surface area contributed by atoms with Gasteiger partial charge in [-0.2, -0.15) is 0 Å². The van der Waals surface area contributed by atoms with Gasteiger partial charge in [0.25, 0.3) is 0 Å². The average Bonchev–Trinajstić information content (AvgIpc) is 2.80. The molecule has 0 fully saturated rings. The van der Waals surface area contributed by atoms with Crippen molar-refractivity contribution >= 4 is 29.1 Å². The van der Waals surface area contributed by atoms with Gasteiger partial charge in [-0.05, 0) is 41.3 Å². The third-order valence-corrected chi connectivity index (χ3v) is 6.21. The second kappa shape index (κ2) is 9.63. The van der Waals surface area contributed by atoms with Crippen LogP contribution in [0.15, 0.2) is 60.7 Å². The maximum Gasteiger partial charge on any atom is 0.227 e. The van der Waals surface area contributed by atoms with Gasteiger partial charge in [0.2, 0.25) is 5.91 Å². The topological polar surface area (TPSA) is 38.8 Å². The first-order valence-electron chi connectivity index (χ1n) is 10.1. The van der Waals surface area contributed by atoms with Gasteiger partial charge in [0.05, 0.1) is 13.5 Å². The molecule has 1 heterocycles. The van der Waals surface area contributed by atoms with Crippen molar-refractivity contribution in [1.82, 2.24) is 4.90 Å². The van der Waals surface area contributed by atoms with E-state index in [4.69, 9.17) is 32.7 Å². The van der Waals surface area contributed by atoms with Crippen LogP contribution in [0, 0.1) is 0 Å². The lowest BCUT2D eigenvalue weighted by atomic mass is 9.97. The number of hydrogen-bond acceptors (Lipinski definition) is 3. The fourth-order valence-corrected chi connectivity index (χ4v) is 4.36. The summed E-state index contributed by atoms with van der Waals surface area (Å²) >= 11 is 12.5. The molecule has 0 bridgehead atoms. The number of carbonyl (C=O) groups is 1. The third kappa shape index (κ3) is 4.81. The lowest BCUT2D eigenvalue weighted by Crippen LogP contribution is -2.37. The number of amides is 1. The van der Waals surface area contributed by atoms with Crippen molar-refractivity contribution in [3.63, 3.8) is 0 Å². The molecule has 1 aliphatic heterocycles. The highest BCUT2D eigenvalue weighted by atomic mass is 35.5. The first-order valence-corrected chi connectivity index (χ1v) is 10.9. The number of nitrogens with zero attached hydrogens (tertiary/aromatic N) is 1. The van der Waals surface area contributed by atoms with Crippen LogP contribution in [0.3, 0.4) is 0 Å². The van der Waals surface area contributed by atoms with E-state index in [0.29, 0.717) is 47.5 Å². The fourth-order valence-electron chi connectivity index (χ4n) is 3.83. The number of hydrogen-bond donors (Lipinski definition) is 0. The van der Waals surface area contributed by atoms with Gasteiger partial charge >= 0.3 is 0 Å². The fraction of sp³-hybridized carbons (Fsp3) is 0.240. The monoisotopic (exact) mass is 455 g/mol. The van der Waals surface area contributed by atoms with Crippen LogP contribution in [0.4, 0.5) is 0 Å². The summed E-state index contributed by atoms with van der Waals surface area (Å²) in [6.45, 7) is 1.58. The highest BCUT2D eigenvalue weighted by molar-refractivity contribution is 6.36. The predicted molar refractivity (Wildman–Crippen MR) is 123 cm³/mol.